The van der Waals surface area contributed by atoms with Crippen LogP contribution in [0.5, 0.6) is 0 Å². The number of anilines is 20. The Morgan fingerprint density at radius 1 is 0.359 bits per heavy atom. The Morgan fingerprint density at radius 2 is 0.672 bits per heavy atom. The van der Waals surface area contributed by atoms with E-state index in [1.807, 2.05) is 39.0 Å². The topological polar surface area (TPSA) is 531 Å². The zero-order chi connectivity index (χ0) is 90.5. The summed E-state index contributed by atoms with van der Waals surface area (Å²) in [6.07, 6.45) is 12.0. The third-order valence-electron chi connectivity index (χ3n) is 23.4. The highest BCUT2D eigenvalue weighted by Gasteiger charge is 2.35. The zero-order valence-electron chi connectivity index (χ0n) is 71.5. The van der Waals surface area contributed by atoms with Gasteiger partial charge in [0.1, 0.15) is 71.8 Å². The number of halogens is 4. The van der Waals surface area contributed by atoms with Gasteiger partial charge in [-0.2, -0.15) is 38.7 Å². The number of nitrogen functional groups attached to an aromatic ring is 4. The first kappa shape index (κ1) is 89.0. The molecule has 7 aliphatic heterocycles. The number of benzene rings is 4. The Kier molecular flexibility index (Phi) is 27.7. The fourth-order valence-corrected chi connectivity index (χ4v) is 16.4. The van der Waals surface area contributed by atoms with Gasteiger partial charge in [0.05, 0.1) is 113 Å². The van der Waals surface area contributed by atoms with Gasteiger partial charge in [-0.05, 0) is 111 Å². The second kappa shape index (κ2) is 40.7. The second-order valence-corrected chi connectivity index (χ2v) is 32.1. The van der Waals surface area contributed by atoms with Crippen LogP contribution in [0.2, 0.25) is 0 Å². The molecule has 131 heavy (non-hydrogen) atoms. The Morgan fingerprint density at radius 3 is 0.985 bits per heavy atom. The molecule has 690 valence electrons. The SMILES string of the molecule is Nc1nc(Nc2ccc(N3CCOCC3)cc2F)nn1-c1cc(N2CCC[C@@H]2CO)ncn1.Nc1nc(Nc2ccc(N3CCOCC3)cc2F)nn1-c1cc(N2CC[C@@H](O)C2)ncn1.Nc1nc(Nc2ccc(N3CCOCC3)cc2F)nn1-c1cc(N2CC[C@H](O)C2)ncn1.Nc1nc(Nc2ccc(N3CCOCC3)cc2F)nn1-c1cc(NC2(CO)CCCC2)ncn1. The highest BCUT2D eigenvalue weighted by Crippen LogP contribution is 2.36. The molecule has 0 bridgehead atoms. The molecular formula is C83H102F4N36O8. The molecule has 1 saturated carbocycles. The van der Waals surface area contributed by atoms with Gasteiger partial charge in [-0.15, -0.1) is 20.4 Å². The van der Waals surface area contributed by atoms with Crippen LogP contribution in [0, 0.1) is 23.3 Å². The van der Waals surface area contributed by atoms with Crippen LogP contribution in [0.25, 0.3) is 23.3 Å². The summed E-state index contributed by atoms with van der Waals surface area (Å²) in [5, 5.41) is 71.2. The van der Waals surface area contributed by atoms with Crippen molar-refractivity contribution in [2.45, 2.75) is 75.2 Å². The smallest absolute Gasteiger partial charge is 0.248 e. The summed E-state index contributed by atoms with van der Waals surface area (Å²) < 4.78 is 85.8. The predicted octanol–water partition coefficient (Wildman–Crippen LogP) is 5.26. The first-order valence-electron chi connectivity index (χ1n) is 43.2. The van der Waals surface area contributed by atoms with E-state index in [2.05, 4.69) is 126 Å². The maximum Gasteiger partial charge on any atom is 0.248 e. The minimum Gasteiger partial charge on any atom is -0.394 e. The number of aromatic nitrogens is 20. The number of β-amino-alcohol motifs (C(OH)–C–C–N with tert-alkyl or cyclic N) is 2. The first-order chi connectivity index (χ1) is 63.8. The lowest BCUT2D eigenvalue weighted by Gasteiger charge is -2.29. The summed E-state index contributed by atoms with van der Waals surface area (Å²) in [7, 11) is 0. The number of aliphatic hydroxyl groups excluding tert-OH is 4. The van der Waals surface area contributed by atoms with E-state index in [-0.39, 0.29) is 107 Å². The Hall–Kier alpha value is -14.0. The summed E-state index contributed by atoms with van der Waals surface area (Å²) in [4.78, 5) is 65.2. The molecular weight excluding hydrogens is 1710 g/mol. The molecule has 12 aromatic rings. The van der Waals surface area contributed by atoms with Crippen LogP contribution in [0.1, 0.15) is 51.4 Å². The number of hydrogen-bond donors (Lipinski definition) is 13. The van der Waals surface area contributed by atoms with E-state index in [4.69, 9.17) is 41.9 Å². The zero-order valence-corrected chi connectivity index (χ0v) is 71.5. The van der Waals surface area contributed by atoms with Gasteiger partial charge in [0.2, 0.25) is 47.6 Å². The van der Waals surface area contributed by atoms with Crippen molar-refractivity contribution in [3.63, 3.8) is 0 Å². The quantitative estimate of drug-likeness (QED) is 0.0363. The summed E-state index contributed by atoms with van der Waals surface area (Å²) in [5.74, 6) is 3.62. The number of aliphatic hydroxyl groups is 4. The fourth-order valence-electron chi connectivity index (χ4n) is 16.4. The number of ether oxygens (including phenoxy) is 4. The monoisotopic (exact) mass is 1810 g/mol. The summed E-state index contributed by atoms with van der Waals surface area (Å²) >= 11 is 0. The van der Waals surface area contributed by atoms with Crippen molar-refractivity contribution in [2.24, 2.45) is 0 Å². The van der Waals surface area contributed by atoms with Crippen LogP contribution >= 0.6 is 0 Å². The molecule has 8 aliphatic rings. The van der Waals surface area contributed by atoms with E-state index in [0.29, 0.717) is 138 Å². The predicted molar refractivity (Wildman–Crippen MR) is 481 cm³/mol. The maximum atomic E-state index is 14.8. The van der Waals surface area contributed by atoms with Gasteiger partial charge in [-0.25, -0.2) is 57.4 Å². The van der Waals surface area contributed by atoms with E-state index in [1.54, 1.807) is 48.5 Å². The van der Waals surface area contributed by atoms with Crippen molar-refractivity contribution in [1.29, 1.82) is 0 Å². The van der Waals surface area contributed by atoms with E-state index in [9.17, 15) is 38.0 Å². The van der Waals surface area contributed by atoms with Crippen molar-refractivity contribution in [1.82, 2.24) is 98.9 Å². The molecule has 20 rings (SSSR count). The molecule has 3 atom stereocenters. The van der Waals surface area contributed by atoms with E-state index >= 15 is 0 Å². The van der Waals surface area contributed by atoms with Gasteiger partial charge >= 0.3 is 0 Å². The molecule has 7 saturated heterocycles. The molecule has 44 nitrogen and oxygen atoms in total. The van der Waals surface area contributed by atoms with Gasteiger partial charge in [-0.1, -0.05) is 12.8 Å². The molecule has 8 fully saturated rings. The number of hydrogen-bond acceptors (Lipinski definition) is 40. The van der Waals surface area contributed by atoms with Gasteiger partial charge in [0.15, 0.2) is 23.3 Å². The molecule has 8 aromatic heterocycles. The molecule has 0 radical (unpaired) electrons. The number of nitrogens with zero attached hydrogens (tertiary/aromatic N) is 27. The van der Waals surface area contributed by atoms with Crippen LogP contribution in [0.3, 0.4) is 0 Å². The lowest BCUT2D eigenvalue weighted by molar-refractivity contribution is 0.122. The average Bonchev–Trinajstić information content (AvgIpc) is 1.69. The van der Waals surface area contributed by atoms with Crippen molar-refractivity contribution in [3.8, 4) is 23.3 Å². The van der Waals surface area contributed by atoms with Gasteiger partial charge in [0.25, 0.3) is 0 Å². The molecule has 4 aromatic carbocycles. The minimum absolute atomic E-state index is 0.0291. The van der Waals surface area contributed by atoms with Crippen molar-refractivity contribution >= 4 is 116 Å². The van der Waals surface area contributed by atoms with E-state index in [1.165, 1.54) is 68.3 Å². The minimum atomic E-state index is -0.418. The Labute approximate surface area is 748 Å². The van der Waals surface area contributed by atoms with E-state index in [0.717, 1.165) is 120 Å². The summed E-state index contributed by atoms with van der Waals surface area (Å²) in [5.41, 5.74) is 28.0. The molecule has 48 heteroatoms. The molecule has 0 spiro atoms. The van der Waals surface area contributed by atoms with Crippen molar-refractivity contribution in [2.75, 3.05) is 235 Å². The molecule has 17 N–H and O–H groups in total. The first-order valence-corrected chi connectivity index (χ1v) is 43.2. The Balaban J connectivity index is 0.000000122. The normalized spacial score (nSPS) is 18.5. The van der Waals surface area contributed by atoms with E-state index < -0.39 is 23.3 Å². The summed E-state index contributed by atoms with van der Waals surface area (Å²) in [6.45, 7) is 14.2. The van der Waals surface area contributed by atoms with Crippen LogP contribution in [-0.4, -0.2) is 294 Å². The van der Waals surface area contributed by atoms with Crippen molar-refractivity contribution < 1.29 is 56.9 Å². The fraction of sp³-hybridized carbons (Fsp3) is 0.422. The van der Waals surface area contributed by atoms with Crippen LogP contribution < -0.4 is 83.8 Å². The van der Waals surface area contributed by atoms with Crippen LogP contribution in [0.15, 0.2) is 122 Å². The lowest BCUT2D eigenvalue weighted by Crippen LogP contribution is -2.39. The highest BCUT2D eigenvalue weighted by atomic mass is 19.1. The van der Waals surface area contributed by atoms with Gasteiger partial charge < -0.3 is 123 Å². The molecule has 0 unspecified atom stereocenters. The number of morpholine rings is 4. The number of nitrogens with one attached hydrogen (secondary N) is 5. The third-order valence-corrected chi connectivity index (χ3v) is 23.4. The maximum absolute atomic E-state index is 14.8. The van der Waals surface area contributed by atoms with Crippen LogP contribution in [0.4, 0.5) is 134 Å². The molecule has 0 amide bonds. The largest absolute Gasteiger partial charge is 0.394 e. The second-order valence-electron chi connectivity index (χ2n) is 32.1. The number of rotatable bonds is 23. The van der Waals surface area contributed by atoms with Gasteiger partial charge in [0, 0.05) is 132 Å². The van der Waals surface area contributed by atoms with Gasteiger partial charge in [-0.3, -0.25) is 0 Å². The number of nitrogens with two attached hydrogens (primary N) is 4. The average molecular weight is 1810 g/mol. The molecule has 15 heterocycles. The summed E-state index contributed by atoms with van der Waals surface area (Å²) in [6, 6.07) is 26.9. The van der Waals surface area contributed by atoms with Crippen LogP contribution in [-0.2, 0) is 18.9 Å². The highest BCUT2D eigenvalue weighted by molar-refractivity contribution is 5.66. The lowest BCUT2D eigenvalue weighted by atomic mass is 9.99. The standard InChI is InChI=1S/C22H28FN9O2.C21H26FN9O2.2C20H24FN9O2/c23-16-11-15(31-7-9-34-10-8-31)3-4-17(16)27-21-28-20(24)32(30-21)19-12-18(25-14-26-19)29-22(13-33)5-1-2-6-22;22-16-10-14(29-6-8-33-9-7-29)3-4-17(16)26-21-27-20(23)31(28-21)19-11-18(24-13-25-19)30-5-1-2-15(30)12-32;2*21-15-9-13(28-5-7-32-8-6-28)1-2-16(15)25-20-26-19(22)30(27-20)18-10-17(23-12-24-18)29-4-3-14(31)11-29/h3-4,11-12,14,33H,1-2,5-10,13H2,(H,25,26,29)(H3,24,27,28,30);3-4,10-11,13,15,32H,1-2,5-9,12H2,(H3,23,26,27,28);2*1-2,9-10,12,14,31H,3-8,11H2,(H3,22,25,26,27)/t;15-;2*14-/m.110/s1. The molecule has 1 aliphatic carbocycles. The Bertz CT molecular complexity index is 5700. The van der Waals surface area contributed by atoms with Crippen molar-refractivity contribution in [3.05, 3.63) is 146 Å². The third kappa shape index (κ3) is 21.5.